The molecule has 0 saturated carbocycles. The number of carbonyl (C=O) groups is 1. The highest BCUT2D eigenvalue weighted by Gasteiger charge is 2.14. The topological polar surface area (TPSA) is 50.7 Å². The first-order valence-corrected chi connectivity index (χ1v) is 7.84. The molecule has 1 aromatic rings. The van der Waals surface area contributed by atoms with Crippen LogP contribution in [0.1, 0.15) is 26.2 Å². The van der Waals surface area contributed by atoms with Crippen LogP contribution in [-0.4, -0.2) is 18.2 Å². The van der Waals surface area contributed by atoms with E-state index in [0.29, 0.717) is 11.7 Å². The van der Waals surface area contributed by atoms with E-state index in [0.717, 1.165) is 23.7 Å². The van der Waals surface area contributed by atoms with Crippen LogP contribution in [0.25, 0.3) is 0 Å². The summed E-state index contributed by atoms with van der Waals surface area (Å²) in [6.45, 7) is 1.70. The first-order chi connectivity index (χ1) is 10.1. The Labute approximate surface area is 133 Å². The van der Waals surface area contributed by atoms with Gasteiger partial charge in [-0.2, -0.15) is 5.10 Å². The molecule has 4 nitrogen and oxygen atoms in total. The highest BCUT2D eigenvalue weighted by atomic mass is 79.9. The Morgan fingerprint density at radius 3 is 3.10 bits per heavy atom. The summed E-state index contributed by atoms with van der Waals surface area (Å²) in [6, 6.07) is 7.40. The van der Waals surface area contributed by atoms with Crippen LogP contribution in [0.4, 0.5) is 0 Å². The average molecular weight is 351 g/mol. The van der Waals surface area contributed by atoms with Gasteiger partial charge in [0.15, 0.2) is 6.10 Å². The SMILES string of the molecule is CC(Oc1cccc(Br)c1)C(=O)NN=CC1CC=CCC1. The van der Waals surface area contributed by atoms with Crippen molar-refractivity contribution in [3.8, 4) is 5.75 Å². The summed E-state index contributed by atoms with van der Waals surface area (Å²) in [7, 11) is 0. The molecular formula is C16H19BrN2O2. The van der Waals surface area contributed by atoms with Crippen molar-refractivity contribution >= 4 is 28.1 Å². The van der Waals surface area contributed by atoms with Gasteiger partial charge in [0.2, 0.25) is 0 Å². The minimum atomic E-state index is -0.595. The van der Waals surface area contributed by atoms with Crippen LogP contribution in [0, 0.1) is 5.92 Å². The number of rotatable bonds is 5. The Kier molecular flexibility index (Phi) is 5.99. The maximum atomic E-state index is 11.9. The number of allylic oxidation sites excluding steroid dienone is 2. The number of carbonyl (C=O) groups excluding carboxylic acids is 1. The number of nitrogens with zero attached hydrogens (tertiary/aromatic N) is 1. The zero-order chi connectivity index (χ0) is 15.1. The molecule has 2 atom stereocenters. The van der Waals surface area contributed by atoms with Crippen LogP contribution in [0.5, 0.6) is 5.75 Å². The molecule has 2 unspecified atom stereocenters. The predicted octanol–water partition coefficient (Wildman–Crippen LogP) is 3.67. The third-order valence-corrected chi connectivity index (χ3v) is 3.74. The Bertz CT molecular complexity index is 543. The third-order valence-electron chi connectivity index (χ3n) is 3.25. The molecule has 0 saturated heterocycles. The largest absolute Gasteiger partial charge is 0.481 e. The van der Waals surface area contributed by atoms with E-state index in [4.69, 9.17) is 4.74 Å². The summed E-state index contributed by atoms with van der Waals surface area (Å²) in [6.07, 6.45) is 8.70. The molecule has 0 aliphatic heterocycles. The van der Waals surface area contributed by atoms with Crippen molar-refractivity contribution in [2.45, 2.75) is 32.3 Å². The van der Waals surface area contributed by atoms with Gasteiger partial charge in [-0.15, -0.1) is 0 Å². The maximum Gasteiger partial charge on any atom is 0.280 e. The lowest BCUT2D eigenvalue weighted by Crippen LogP contribution is -2.33. The zero-order valence-corrected chi connectivity index (χ0v) is 13.5. The van der Waals surface area contributed by atoms with E-state index in [1.54, 1.807) is 6.92 Å². The smallest absolute Gasteiger partial charge is 0.280 e. The van der Waals surface area contributed by atoms with Crippen molar-refractivity contribution in [2.75, 3.05) is 0 Å². The van der Waals surface area contributed by atoms with Gasteiger partial charge in [0.05, 0.1) is 0 Å². The van der Waals surface area contributed by atoms with Crippen molar-refractivity contribution in [1.29, 1.82) is 0 Å². The van der Waals surface area contributed by atoms with Crippen molar-refractivity contribution in [1.82, 2.24) is 5.43 Å². The van der Waals surface area contributed by atoms with Gasteiger partial charge in [-0.05, 0) is 50.3 Å². The average Bonchev–Trinajstić information content (AvgIpc) is 2.48. The minimum absolute atomic E-state index is 0.252. The molecule has 1 amide bonds. The second-order valence-electron chi connectivity index (χ2n) is 5.02. The molecule has 0 aromatic heterocycles. The number of amides is 1. The first-order valence-electron chi connectivity index (χ1n) is 7.05. The molecule has 1 aromatic carbocycles. The summed E-state index contributed by atoms with van der Waals surface area (Å²) < 4.78 is 6.49. The van der Waals surface area contributed by atoms with Crippen LogP contribution < -0.4 is 10.2 Å². The Morgan fingerprint density at radius 1 is 1.52 bits per heavy atom. The molecule has 0 fully saturated rings. The number of halogens is 1. The molecule has 21 heavy (non-hydrogen) atoms. The minimum Gasteiger partial charge on any atom is -0.481 e. The van der Waals surface area contributed by atoms with Gasteiger partial charge in [0.1, 0.15) is 5.75 Å². The quantitative estimate of drug-likeness (QED) is 0.500. The molecule has 0 bridgehead atoms. The summed E-state index contributed by atoms with van der Waals surface area (Å²) in [5.74, 6) is 0.808. The normalized spacial score (nSPS) is 19.4. The van der Waals surface area contributed by atoms with Crippen molar-refractivity contribution < 1.29 is 9.53 Å². The highest BCUT2D eigenvalue weighted by Crippen LogP contribution is 2.19. The van der Waals surface area contributed by atoms with Crippen molar-refractivity contribution in [2.24, 2.45) is 11.0 Å². The van der Waals surface area contributed by atoms with E-state index in [1.165, 1.54) is 0 Å². The standard InChI is InChI=1S/C16H19BrN2O2/c1-12(21-15-9-5-8-14(17)10-15)16(20)19-18-11-13-6-3-2-4-7-13/h2-3,5,8-13H,4,6-7H2,1H3,(H,19,20). The van der Waals surface area contributed by atoms with Gasteiger partial charge in [0, 0.05) is 10.7 Å². The molecule has 0 heterocycles. The number of ether oxygens (including phenoxy) is 1. The fraction of sp³-hybridized carbons (Fsp3) is 0.375. The zero-order valence-electron chi connectivity index (χ0n) is 12.0. The van der Waals surface area contributed by atoms with Gasteiger partial charge >= 0.3 is 0 Å². The van der Waals surface area contributed by atoms with Crippen molar-refractivity contribution in [3.05, 3.63) is 40.9 Å². The number of hydrogen-bond donors (Lipinski definition) is 1. The highest BCUT2D eigenvalue weighted by molar-refractivity contribution is 9.10. The predicted molar refractivity (Wildman–Crippen MR) is 87.3 cm³/mol. The molecule has 1 aliphatic carbocycles. The second-order valence-corrected chi connectivity index (χ2v) is 5.93. The van der Waals surface area contributed by atoms with Gasteiger partial charge in [0.25, 0.3) is 5.91 Å². The number of hydrazone groups is 1. The Hall–Kier alpha value is -1.62. The van der Waals surface area contributed by atoms with E-state index in [9.17, 15) is 4.79 Å². The number of benzene rings is 1. The lowest BCUT2D eigenvalue weighted by Gasteiger charge is -2.14. The Balaban J connectivity index is 1.79. The van der Waals surface area contributed by atoms with Crippen LogP contribution in [0.15, 0.2) is 46.0 Å². The van der Waals surface area contributed by atoms with Crippen LogP contribution in [0.2, 0.25) is 0 Å². The molecule has 1 aliphatic rings. The monoisotopic (exact) mass is 350 g/mol. The lowest BCUT2D eigenvalue weighted by molar-refractivity contribution is -0.127. The third kappa shape index (κ3) is 5.34. The van der Waals surface area contributed by atoms with E-state index in [1.807, 2.05) is 30.5 Å². The van der Waals surface area contributed by atoms with E-state index >= 15 is 0 Å². The number of hydrogen-bond acceptors (Lipinski definition) is 3. The molecule has 0 spiro atoms. The van der Waals surface area contributed by atoms with Crippen molar-refractivity contribution in [3.63, 3.8) is 0 Å². The lowest BCUT2D eigenvalue weighted by atomic mass is 9.96. The summed E-state index contributed by atoms with van der Waals surface area (Å²) in [5.41, 5.74) is 2.53. The molecule has 112 valence electrons. The van der Waals surface area contributed by atoms with Gasteiger partial charge in [-0.1, -0.05) is 34.1 Å². The van der Waals surface area contributed by atoms with Crippen LogP contribution >= 0.6 is 15.9 Å². The molecule has 5 heteroatoms. The van der Waals surface area contributed by atoms with Crippen LogP contribution in [-0.2, 0) is 4.79 Å². The van der Waals surface area contributed by atoms with E-state index in [2.05, 4.69) is 38.6 Å². The van der Waals surface area contributed by atoms with Gasteiger partial charge < -0.3 is 4.74 Å². The second kappa shape index (κ2) is 7.98. The van der Waals surface area contributed by atoms with E-state index < -0.39 is 6.10 Å². The molecule has 1 N–H and O–H groups in total. The first kappa shape index (κ1) is 15.8. The summed E-state index contributed by atoms with van der Waals surface area (Å²) in [5, 5.41) is 4.03. The Morgan fingerprint density at radius 2 is 2.38 bits per heavy atom. The summed E-state index contributed by atoms with van der Waals surface area (Å²) in [4.78, 5) is 11.9. The van der Waals surface area contributed by atoms with Gasteiger partial charge in [-0.3, -0.25) is 4.79 Å². The molecule has 0 radical (unpaired) electrons. The maximum absolute atomic E-state index is 11.9. The fourth-order valence-corrected chi connectivity index (χ4v) is 2.43. The molecular weight excluding hydrogens is 332 g/mol. The summed E-state index contributed by atoms with van der Waals surface area (Å²) >= 11 is 3.37. The van der Waals surface area contributed by atoms with Gasteiger partial charge in [-0.25, -0.2) is 5.43 Å². The number of nitrogens with one attached hydrogen (secondary N) is 1. The molecule has 2 rings (SSSR count). The fourth-order valence-electron chi connectivity index (χ4n) is 2.05. The van der Waals surface area contributed by atoms with Crippen LogP contribution in [0.3, 0.4) is 0 Å². The van der Waals surface area contributed by atoms with E-state index in [-0.39, 0.29) is 5.91 Å².